The van der Waals surface area contributed by atoms with E-state index in [1.165, 1.54) is 18.2 Å². The quantitative estimate of drug-likeness (QED) is 0.669. The second kappa shape index (κ2) is 8.60. The maximum absolute atomic E-state index is 12.3. The Hall–Kier alpha value is -1.99. The molecule has 138 valence electrons. The molecule has 1 aliphatic carbocycles. The lowest BCUT2D eigenvalue weighted by Gasteiger charge is -2.11. The molecule has 3 N–H and O–H groups in total. The molecule has 8 heteroatoms. The number of thioether (sulfide) groups is 1. The van der Waals surface area contributed by atoms with Crippen molar-refractivity contribution in [3.8, 4) is 0 Å². The minimum absolute atomic E-state index is 0.0736. The number of carbonyl (C=O) groups excluding carboxylic acids is 2. The van der Waals surface area contributed by atoms with E-state index in [-0.39, 0.29) is 18.2 Å². The Labute approximate surface area is 161 Å². The van der Waals surface area contributed by atoms with Crippen LogP contribution in [0.5, 0.6) is 0 Å². The fraction of sp³-hybridized carbons (Fsp3) is 0.389. The summed E-state index contributed by atoms with van der Waals surface area (Å²) < 4.78 is 0. The molecule has 6 nitrogen and oxygen atoms in total. The zero-order valence-electron chi connectivity index (χ0n) is 14.5. The van der Waals surface area contributed by atoms with Gasteiger partial charge in [-0.3, -0.25) is 15.0 Å². The molecule has 1 aromatic carbocycles. The van der Waals surface area contributed by atoms with Crippen molar-refractivity contribution >= 4 is 46.0 Å². The monoisotopic (exact) mass is 392 g/mol. The van der Waals surface area contributed by atoms with E-state index in [1.807, 2.05) is 13.0 Å². The number of halogens is 1. The maximum atomic E-state index is 12.3. The summed E-state index contributed by atoms with van der Waals surface area (Å²) in [5, 5.41) is 10.3. The van der Waals surface area contributed by atoms with E-state index < -0.39 is 5.25 Å². The number of rotatable bonds is 5. The Balaban J connectivity index is 1.54. The van der Waals surface area contributed by atoms with Crippen LogP contribution in [-0.4, -0.2) is 22.2 Å². The molecule has 0 spiro atoms. The van der Waals surface area contributed by atoms with Gasteiger partial charge in [-0.05, 0) is 50.3 Å². The van der Waals surface area contributed by atoms with Gasteiger partial charge in [0, 0.05) is 22.8 Å². The van der Waals surface area contributed by atoms with Crippen LogP contribution in [0.3, 0.4) is 0 Å². The van der Waals surface area contributed by atoms with Crippen molar-refractivity contribution in [2.45, 2.75) is 44.3 Å². The van der Waals surface area contributed by atoms with Crippen LogP contribution in [0.1, 0.15) is 37.7 Å². The number of nitrogens with one attached hydrogen (secondary N) is 3. The highest BCUT2D eigenvalue weighted by Gasteiger charge is 2.32. The number of hydrogen-bond donors (Lipinski definition) is 3. The van der Waals surface area contributed by atoms with Gasteiger partial charge in [0.2, 0.25) is 11.8 Å². The van der Waals surface area contributed by atoms with E-state index >= 15 is 0 Å². The van der Waals surface area contributed by atoms with Gasteiger partial charge in [-0.25, -0.2) is 0 Å². The Morgan fingerprint density at radius 3 is 3.04 bits per heavy atom. The molecule has 0 bridgehead atoms. The third-order valence-electron chi connectivity index (χ3n) is 4.21. The summed E-state index contributed by atoms with van der Waals surface area (Å²) in [6, 6.07) is 5.31. The van der Waals surface area contributed by atoms with E-state index in [2.05, 4.69) is 27.2 Å². The van der Waals surface area contributed by atoms with Crippen molar-refractivity contribution in [3.05, 3.63) is 40.6 Å². The van der Waals surface area contributed by atoms with Gasteiger partial charge in [0.25, 0.3) is 0 Å². The summed E-state index contributed by atoms with van der Waals surface area (Å²) in [6.45, 7) is 1.89. The van der Waals surface area contributed by atoms with Crippen LogP contribution in [0.2, 0.25) is 5.02 Å². The molecule has 1 heterocycles. The van der Waals surface area contributed by atoms with Gasteiger partial charge in [-0.2, -0.15) is 5.10 Å². The van der Waals surface area contributed by atoms with Gasteiger partial charge in [-0.15, -0.1) is 0 Å². The zero-order valence-corrected chi connectivity index (χ0v) is 16.0. The molecule has 2 amide bonds. The highest BCUT2D eigenvalue weighted by molar-refractivity contribution is 8.15. The molecule has 0 saturated carbocycles. The summed E-state index contributed by atoms with van der Waals surface area (Å²) >= 11 is 7.23. The average molecular weight is 393 g/mol. The highest BCUT2D eigenvalue weighted by Crippen LogP contribution is 2.25. The van der Waals surface area contributed by atoms with E-state index in [0.29, 0.717) is 15.9 Å². The van der Waals surface area contributed by atoms with Crippen molar-refractivity contribution in [1.29, 1.82) is 0 Å². The van der Waals surface area contributed by atoms with Crippen molar-refractivity contribution in [1.82, 2.24) is 10.7 Å². The minimum atomic E-state index is -0.490. The third-order valence-corrected chi connectivity index (χ3v) is 5.53. The van der Waals surface area contributed by atoms with Gasteiger partial charge in [-0.1, -0.05) is 35.5 Å². The minimum Gasteiger partial charge on any atom is -0.326 e. The summed E-state index contributed by atoms with van der Waals surface area (Å²) in [4.78, 5) is 24.4. The number of benzene rings is 1. The van der Waals surface area contributed by atoms with Gasteiger partial charge < -0.3 is 10.6 Å². The molecule has 26 heavy (non-hydrogen) atoms. The highest BCUT2D eigenvalue weighted by atomic mass is 35.5. The lowest BCUT2D eigenvalue weighted by atomic mass is 10.1. The molecule has 1 aliphatic heterocycles. The van der Waals surface area contributed by atoms with Crippen molar-refractivity contribution in [2.75, 3.05) is 5.32 Å². The summed E-state index contributed by atoms with van der Waals surface area (Å²) in [7, 11) is 0. The molecule has 0 radical (unpaired) electrons. The first-order valence-electron chi connectivity index (χ1n) is 8.57. The maximum Gasteiger partial charge on any atom is 0.240 e. The molecule has 0 unspecified atom stereocenters. The predicted octanol–water partition coefficient (Wildman–Crippen LogP) is 3.53. The topological polar surface area (TPSA) is 82.6 Å². The number of hydrazone groups is 1. The fourth-order valence-corrected chi connectivity index (χ4v) is 3.85. The number of carbonyl (C=O) groups is 2. The van der Waals surface area contributed by atoms with Crippen LogP contribution >= 0.6 is 23.4 Å². The van der Waals surface area contributed by atoms with Crippen LogP contribution in [0.4, 0.5) is 5.69 Å². The van der Waals surface area contributed by atoms with Crippen molar-refractivity contribution in [2.24, 2.45) is 5.10 Å². The van der Waals surface area contributed by atoms with E-state index in [0.717, 1.165) is 30.5 Å². The molecule has 2 aliphatic rings. The number of hydrogen-bond acceptors (Lipinski definition) is 5. The molecule has 0 aromatic heterocycles. The second-order valence-electron chi connectivity index (χ2n) is 6.31. The number of allylic oxidation sites excluding steroid dienone is 2. The molecule has 1 aromatic rings. The van der Waals surface area contributed by atoms with Gasteiger partial charge in [0.1, 0.15) is 5.25 Å². The van der Waals surface area contributed by atoms with Crippen LogP contribution in [0.25, 0.3) is 0 Å². The van der Waals surface area contributed by atoms with Crippen LogP contribution in [0, 0.1) is 6.92 Å². The van der Waals surface area contributed by atoms with Gasteiger partial charge in [0.15, 0.2) is 5.17 Å². The first kappa shape index (κ1) is 18.8. The molecule has 1 saturated heterocycles. The normalized spacial score (nSPS) is 21.3. The lowest BCUT2D eigenvalue weighted by molar-refractivity contribution is -0.122. The predicted molar refractivity (Wildman–Crippen MR) is 106 cm³/mol. The van der Waals surface area contributed by atoms with Gasteiger partial charge >= 0.3 is 0 Å². The Bertz CT molecular complexity index is 778. The first-order valence-corrected chi connectivity index (χ1v) is 9.83. The van der Waals surface area contributed by atoms with Gasteiger partial charge in [0.05, 0.1) is 0 Å². The molecular formula is C18H21ClN4O2S. The number of amides is 2. The molecule has 3 rings (SSSR count). The van der Waals surface area contributed by atoms with Crippen molar-refractivity contribution < 1.29 is 9.59 Å². The van der Waals surface area contributed by atoms with Crippen LogP contribution in [0.15, 0.2) is 35.1 Å². The van der Waals surface area contributed by atoms with Crippen LogP contribution in [-0.2, 0) is 9.59 Å². The molecular weight excluding hydrogens is 372 g/mol. The Morgan fingerprint density at radius 2 is 2.27 bits per heavy atom. The summed E-state index contributed by atoms with van der Waals surface area (Å²) in [5.74, 6) is -0.432. The number of amidine groups is 1. The summed E-state index contributed by atoms with van der Waals surface area (Å²) in [5.41, 5.74) is 5.66. The SMILES string of the molecule is Cc1ccc(Cl)cc1NC(=O)C[C@@H]1S/C(=N/NC2=CCCCC2)NC1=O. The standard InChI is InChI=1S/C18H21ClN4O2S/c1-11-7-8-12(19)9-14(11)20-16(24)10-15-17(25)21-18(26-15)23-22-13-5-3-2-4-6-13/h5,7-9,15,22H,2-4,6,10H2,1H3,(H,20,24)(H,21,23,25)/t15-/m0/s1. The number of nitrogens with zero attached hydrogens (tertiary/aromatic N) is 1. The second-order valence-corrected chi connectivity index (χ2v) is 7.94. The van der Waals surface area contributed by atoms with E-state index in [1.54, 1.807) is 12.1 Å². The molecule has 1 atom stereocenters. The van der Waals surface area contributed by atoms with Crippen molar-refractivity contribution in [3.63, 3.8) is 0 Å². The molecule has 1 fully saturated rings. The smallest absolute Gasteiger partial charge is 0.240 e. The number of aryl methyl sites for hydroxylation is 1. The Kier molecular flexibility index (Phi) is 6.21. The first-order chi connectivity index (χ1) is 12.5. The number of anilines is 1. The lowest BCUT2D eigenvalue weighted by Crippen LogP contribution is -2.28. The van der Waals surface area contributed by atoms with E-state index in [4.69, 9.17) is 11.6 Å². The zero-order chi connectivity index (χ0) is 18.5. The average Bonchev–Trinajstić information content (AvgIpc) is 2.97. The summed E-state index contributed by atoms with van der Waals surface area (Å²) in [6.07, 6.45) is 6.58. The Morgan fingerprint density at radius 1 is 1.42 bits per heavy atom. The largest absolute Gasteiger partial charge is 0.326 e. The van der Waals surface area contributed by atoms with E-state index in [9.17, 15) is 9.59 Å². The fourth-order valence-electron chi connectivity index (χ4n) is 2.75. The third kappa shape index (κ3) is 5.02. The van der Waals surface area contributed by atoms with Crippen LogP contribution < -0.4 is 16.1 Å².